The lowest BCUT2D eigenvalue weighted by molar-refractivity contribution is -0.104. The molecule has 9 heavy (non-hydrogen) atoms. The van der Waals surface area contributed by atoms with Gasteiger partial charge in [0.25, 0.3) is 0 Å². The molecule has 2 heteroatoms. The lowest BCUT2D eigenvalue weighted by Gasteiger charge is -1.87. The van der Waals surface area contributed by atoms with Gasteiger partial charge in [0.2, 0.25) is 0 Å². The Hall–Kier alpha value is -1.05. The number of hydrogen-bond acceptors (Lipinski definition) is 2. The second-order valence-electron chi connectivity index (χ2n) is 1.30. The summed E-state index contributed by atoms with van der Waals surface area (Å²) in [6.45, 7) is 2.55. The summed E-state index contributed by atoms with van der Waals surface area (Å²) >= 11 is 0. The first-order valence-corrected chi connectivity index (χ1v) is 2.80. The molecule has 0 N–H and O–H groups in total. The number of carbonyl (C=O) groups is 1. The molecule has 2 nitrogen and oxygen atoms in total. The third-order valence-electron chi connectivity index (χ3n) is 0.642. The highest BCUT2D eigenvalue weighted by Gasteiger charge is 1.65. The van der Waals surface area contributed by atoms with Crippen molar-refractivity contribution >= 4 is 6.29 Å². The first-order valence-electron chi connectivity index (χ1n) is 2.80. The predicted octanol–water partition coefficient (Wildman–Crippen LogP) is 1.29. The minimum absolute atomic E-state index is 0.658. The maximum Gasteiger partial charge on any atom is 0.142 e. The minimum Gasteiger partial charge on any atom is -0.501 e. The van der Waals surface area contributed by atoms with Crippen LogP contribution < -0.4 is 0 Å². The summed E-state index contributed by atoms with van der Waals surface area (Å²) in [4.78, 5) is 9.68. The number of hydrogen-bond donors (Lipinski definition) is 0. The van der Waals surface area contributed by atoms with E-state index in [1.54, 1.807) is 18.4 Å². The van der Waals surface area contributed by atoms with Crippen molar-refractivity contribution in [2.75, 3.05) is 6.61 Å². The quantitative estimate of drug-likeness (QED) is 0.245. The van der Waals surface area contributed by atoms with Gasteiger partial charge in [-0.15, -0.1) is 0 Å². The second kappa shape index (κ2) is 6.95. The van der Waals surface area contributed by atoms with Crippen molar-refractivity contribution in [2.45, 2.75) is 6.92 Å². The molecule has 0 heterocycles. The van der Waals surface area contributed by atoms with E-state index >= 15 is 0 Å². The molecule has 0 amide bonds. The summed E-state index contributed by atoms with van der Waals surface area (Å²) in [6, 6.07) is 0. The van der Waals surface area contributed by atoms with Crippen molar-refractivity contribution in [1.29, 1.82) is 0 Å². The van der Waals surface area contributed by atoms with E-state index in [2.05, 4.69) is 0 Å². The third kappa shape index (κ3) is 6.95. The largest absolute Gasteiger partial charge is 0.501 e. The van der Waals surface area contributed by atoms with E-state index in [1.165, 1.54) is 6.08 Å². The summed E-state index contributed by atoms with van der Waals surface area (Å²) in [7, 11) is 0. The zero-order valence-corrected chi connectivity index (χ0v) is 5.41. The van der Waals surface area contributed by atoms with Crippen LogP contribution in [0.25, 0.3) is 0 Å². The molecule has 0 aromatic rings. The molecular weight excluding hydrogens is 116 g/mol. The number of rotatable bonds is 4. The first-order chi connectivity index (χ1) is 4.41. The first kappa shape index (κ1) is 7.95. The molecule has 0 spiro atoms. The average molecular weight is 126 g/mol. The van der Waals surface area contributed by atoms with E-state index in [1.807, 2.05) is 6.92 Å². The van der Waals surface area contributed by atoms with Crippen LogP contribution in [0.1, 0.15) is 6.92 Å². The van der Waals surface area contributed by atoms with Gasteiger partial charge in [-0.1, -0.05) is 6.08 Å². The number of ether oxygens (including phenoxy) is 1. The maximum atomic E-state index is 9.68. The molecule has 0 rings (SSSR count). The fraction of sp³-hybridized carbons (Fsp3) is 0.286. The normalized spacial score (nSPS) is 10.8. The molecule has 50 valence electrons. The molecule has 0 saturated carbocycles. The van der Waals surface area contributed by atoms with Gasteiger partial charge in [0.15, 0.2) is 0 Å². The van der Waals surface area contributed by atoms with Gasteiger partial charge in [0.05, 0.1) is 12.9 Å². The fourth-order valence-corrected chi connectivity index (χ4v) is 0.307. The molecule has 0 unspecified atom stereocenters. The van der Waals surface area contributed by atoms with Gasteiger partial charge in [-0.05, 0) is 19.1 Å². The lowest BCUT2D eigenvalue weighted by atomic mass is 10.5. The SMILES string of the molecule is CCOC=CC=CC=O. The Labute approximate surface area is 54.8 Å². The smallest absolute Gasteiger partial charge is 0.142 e. The van der Waals surface area contributed by atoms with Crippen molar-refractivity contribution in [2.24, 2.45) is 0 Å². The Balaban J connectivity index is 3.23. The van der Waals surface area contributed by atoms with E-state index < -0.39 is 0 Å². The molecule has 0 aliphatic carbocycles. The minimum atomic E-state index is 0.658. The van der Waals surface area contributed by atoms with Crippen LogP contribution in [0.4, 0.5) is 0 Å². The lowest BCUT2D eigenvalue weighted by Crippen LogP contribution is -1.74. The standard InChI is InChI=1S/C7H10O2/c1-2-9-7-5-3-4-6-8/h3-7H,2H2,1H3. The van der Waals surface area contributed by atoms with Crippen molar-refractivity contribution in [3.8, 4) is 0 Å². The summed E-state index contributed by atoms with van der Waals surface area (Å²) in [5, 5.41) is 0. The Bertz CT molecular complexity index is 114. The van der Waals surface area contributed by atoms with Crippen LogP contribution in [0, 0.1) is 0 Å². The monoisotopic (exact) mass is 126 g/mol. The summed E-state index contributed by atoms with van der Waals surface area (Å²) in [6.07, 6.45) is 6.94. The number of carbonyl (C=O) groups excluding carboxylic acids is 1. The van der Waals surface area contributed by atoms with Crippen LogP contribution in [-0.4, -0.2) is 12.9 Å². The predicted molar refractivity (Wildman–Crippen MR) is 36.0 cm³/mol. The van der Waals surface area contributed by atoms with E-state index in [0.717, 1.165) is 6.29 Å². The van der Waals surface area contributed by atoms with E-state index in [0.29, 0.717) is 6.61 Å². The molecule has 0 saturated heterocycles. The van der Waals surface area contributed by atoms with Crippen molar-refractivity contribution in [3.05, 3.63) is 24.5 Å². The fourth-order valence-electron chi connectivity index (χ4n) is 0.307. The topological polar surface area (TPSA) is 26.3 Å². The van der Waals surface area contributed by atoms with Gasteiger partial charge >= 0.3 is 0 Å². The highest BCUT2D eigenvalue weighted by molar-refractivity contribution is 5.65. The molecule has 0 fully saturated rings. The van der Waals surface area contributed by atoms with Crippen LogP contribution >= 0.6 is 0 Å². The highest BCUT2D eigenvalue weighted by atomic mass is 16.5. The van der Waals surface area contributed by atoms with Gasteiger partial charge < -0.3 is 4.74 Å². The third-order valence-corrected chi connectivity index (χ3v) is 0.642. The van der Waals surface area contributed by atoms with Crippen molar-refractivity contribution in [3.63, 3.8) is 0 Å². The molecule has 0 aliphatic heterocycles. The van der Waals surface area contributed by atoms with Gasteiger partial charge in [0.1, 0.15) is 6.29 Å². The van der Waals surface area contributed by atoms with Crippen LogP contribution in [0.2, 0.25) is 0 Å². The maximum absolute atomic E-state index is 9.68. The van der Waals surface area contributed by atoms with E-state index in [-0.39, 0.29) is 0 Å². The molecule has 0 bridgehead atoms. The summed E-state index contributed by atoms with van der Waals surface area (Å²) in [5.74, 6) is 0. The molecule has 0 aromatic heterocycles. The van der Waals surface area contributed by atoms with Gasteiger partial charge in [-0.2, -0.15) is 0 Å². The average Bonchev–Trinajstić information content (AvgIpc) is 1.89. The Morgan fingerprint density at radius 1 is 1.33 bits per heavy atom. The van der Waals surface area contributed by atoms with Crippen LogP contribution in [0.3, 0.4) is 0 Å². The van der Waals surface area contributed by atoms with Crippen molar-refractivity contribution in [1.82, 2.24) is 0 Å². The van der Waals surface area contributed by atoms with E-state index in [4.69, 9.17) is 4.74 Å². The molecular formula is C7H10O2. The number of aldehydes is 1. The zero-order chi connectivity index (χ0) is 6.95. The second-order valence-corrected chi connectivity index (χ2v) is 1.30. The van der Waals surface area contributed by atoms with Gasteiger partial charge in [0, 0.05) is 0 Å². The Kier molecular flexibility index (Phi) is 6.14. The number of allylic oxidation sites excluding steroid dienone is 3. The summed E-state index contributed by atoms with van der Waals surface area (Å²) in [5.41, 5.74) is 0. The zero-order valence-electron chi connectivity index (χ0n) is 5.41. The van der Waals surface area contributed by atoms with Crippen LogP contribution in [-0.2, 0) is 9.53 Å². The molecule has 0 atom stereocenters. The van der Waals surface area contributed by atoms with Crippen LogP contribution in [0.5, 0.6) is 0 Å². The summed E-state index contributed by atoms with van der Waals surface area (Å²) < 4.78 is 4.83. The van der Waals surface area contributed by atoms with Crippen molar-refractivity contribution < 1.29 is 9.53 Å². The highest BCUT2D eigenvalue weighted by Crippen LogP contribution is 1.77. The molecule has 0 radical (unpaired) electrons. The molecule has 0 aromatic carbocycles. The van der Waals surface area contributed by atoms with Crippen LogP contribution in [0.15, 0.2) is 24.5 Å². The van der Waals surface area contributed by atoms with Gasteiger partial charge in [-0.25, -0.2) is 0 Å². The molecule has 0 aliphatic rings. The Morgan fingerprint density at radius 2 is 2.11 bits per heavy atom. The Morgan fingerprint density at radius 3 is 2.67 bits per heavy atom. The van der Waals surface area contributed by atoms with Gasteiger partial charge in [-0.3, -0.25) is 4.79 Å². The van der Waals surface area contributed by atoms with E-state index in [9.17, 15) is 4.79 Å².